The van der Waals surface area contributed by atoms with Gasteiger partial charge >= 0.3 is 0 Å². The summed E-state index contributed by atoms with van der Waals surface area (Å²) in [4.78, 5) is 13.0. The van der Waals surface area contributed by atoms with E-state index in [4.69, 9.17) is 0 Å². The SMILES string of the molecule is CCSc1nnc(S[C@H](C(=O)c2ccccc2)c2ccccc2)s1. The van der Waals surface area contributed by atoms with Crippen LogP contribution >= 0.6 is 34.9 Å². The van der Waals surface area contributed by atoms with E-state index in [1.807, 2.05) is 60.7 Å². The minimum Gasteiger partial charge on any atom is -0.293 e. The average molecular weight is 373 g/mol. The minimum absolute atomic E-state index is 0.0895. The normalized spacial score (nSPS) is 12.0. The van der Waals surface area contributed by atoms with E-state index in [1.165, 1.54) is 11.8 Å². The van der Waals surface area contributed by atoms with Crippen molar-refractivity contribution in [2.75, 3.05) is 5.75 Å². The lowest BCUT2D eigenvalue weighted by molar-refractivity contribution is 0.0989. The van der Waals surface area contributed by atoms with Crippen LogP contribution in [0, 0.1) is 0 Å². The van der Waals surface area contributed by atoms with Gasteiger partial charge < -0.3 is 0 Å². The van der Waals surface area contributed by atoms with Crippen molar-refractivity contribution in [3.63, 3.8) is 0 Å². The van der Waals surface area contributed by atoms with Crippen LogP contribution in [0.5, 0.6) is 0 Å². The van der Waals surface area contributed by atoms with Crippen LogP contribution < -0.4 is 0 Å². The monoisotopic (exact) mass is 372 g/mol. The van der Waals surface area contributed by atoms with E-state index < -0.39 is 0 Å². The zero-order valence-corrected chi connectivity index (χ0v) is 15.5. The molecule has 0 amide bonds. The molecule has 0 aliphatic rings. The molecule has 6 heteroatoms. The maximum atomic E-state index is 13.0. The number of hydrogen-bond donors (Lipinski definition) is 0. The van der Waals surface area contributed by atoms with Crippen LogP contribution in [0.3, 0.4) is 0 Å². The topological polar surface area (TPSA) is 42.9 Å². The van der Waals surface area contributed by atoms with Gasteiger partial charge in [0, 0.05) is 5.56 Å². The zero-order valence-electron chi connectivity index (χ0n) is 13.1. The third-order valence-corrected chi connectivity index (χ3v) is 6.55. The highest BCUT2D eigenvalue weighted by Gasteiger charge is 2.25. The molecule has 3 nitrogen and oxygen atoms in total. The summed E-state index contributed by atoms with van der Waals surface area (Å²) in [6, 6.07) is 19.3. The number of aromatic nitrogens is 2. The molecule has 0 aliphatic heterocycles. The Kier molecular flexibility index (Phi) is 6.07. The fourth-order valence-corrected chi connectivity index (χ4v) is 5.37. The fraction of sp³-hybridized carbons (Fsp3) is 0.167. The third kappa shape index (κ3) is 4.26. The van der Waals surface area contributed by atoms with Crippen molar-refractivity contribution < 1.29 is 4.79 Å². The predicted molar refractivity (Wildman–Crippen MR) is 102 cm³/mol. The van der Waals surface area contributed by atoms with Gasteiger partial charge in [-0.25, -0.2) is 0 Å². The first-order valence-corrected chi connectivity index (χ1v) is 10.2. The highest BCUT2D eigenvalue weighted by atomic mass is 32.2. The molecule has 1 heterocycles. The summed E-state index contributed by atoms with van der Waals surface area (Å²) < 4.78 is 1.77. The number of carbonyl (C=O) groups excluding carboxylic acids is 1. The van der Waals surface area contributed by atoms with E-state index in [0.29, 0.717) is 5.56 Å². The van der Waals surface area contributed by atoms with Crippen molar-refractivity contribution in [2.45, 2.75) is 20.9 Å². The molecule has 0 aliphatic carbocycles. The van der Waals surface area contributed by atoms with Gasteiger partial charge in [0.1, 0.15) is 0 Å². The highest BCUT2D eigenvalue weighted by molar-refractivity contribution is 8.03. The lowest BCUT2D eigenvalue weighted by atomic mass is 10.0. The predicted octanol–water partition coefficient (Wildman–Crippen LogP) is 5.37. The summed E-state index contributed by atoms with van der Waals surface area (Å²) >= 11 is 4.69. The standard InChI is InChI=1S/C18H16N2OS3/c1-2-22-17-19-20-18(24-17)23-16(14-11-7-4-8-12-14)15(21)13-9-5-3-6-10-13/h3-12,16H,2H2,1H3/t16-/m0/s1. The van der Waals surface area contributed by atoms with E-state index in [-0.39, 0.29) is 11.0 Å². The average Bonchev–Trinajstić information content (AvgIpc) is 3.08. The minimum atomic E-state index is -0.318. The third-order valence-electron chi connectivity index (χ3n) is 3.27. The molecule has 2 aromatic carbocycles. The molecule has 3 aromatic rings. The number of hydrogen-bond acceptors (Lipinski definition) is 6. The van der Waals surface area contributed by atoms with E-state index in [0.717, 1.165) is 20.0 Å². The number of nitrogens with zero attached hydrogens (tertiary/aromatic N) is 2. The van der Waals surface area contributed by atoms with Crippen LogP contribution in [0.4, 0.5) is 0 Å². The van der Waals surface area contributed by atoms with Gasteiger partial charge in [-0.2, -0.15) is 0 Å². The van der Waals surface area contributed by atoms with Gasteiger partial charge in [-0.15, -0.1) is 10.2 Å². The Balaban J connectivity index is 1.89. The molecule has 122 valence electrons. The van der Waals surface area contributed by atoms with E-state index in [2.05, 4.69) is 17.1 Å². The van der Waals surface area contributed by atoms with Crippen LogP contribution in [0.1, 0.15) is 28.1 Å². The Morgan fingerprint density at radius 2 is 1.62 bits per heavy atom. The number of rotatable bonds is 7. The highest BCUT2D eigenvalue weighted by Crippen LogP contribution is 2.40. The molecular formula is C18H16N2OS3. The first-order valence-electron chi connectivity index (χ1n) is 7.55. The van der Waals surface area contributed by atoms with E-state index in [1.54, 1.807) is 23.1 Å². The Labute approximate surface area is 153 Å². The van der Waals surface area contributed by atoms with Crippen molar-refractivity contribution in [3.8, 4) is 0 Å². The molecule has 1 aromatic heterocycles. The van der Waals surface area contributed by atoms with Crippen molar-refractivity contribution in [1.82, 2.24) is 10.2 Å². The van der Waals surface area contributed by atoms with Gasteiger partial charge in [0.25, 0.3) is 0 Å². The maximum Gasteiger partial charge on any atom is 0.180 e. The van der Waals surface area contributed by atoms with Crippen molar-refractivity contribution in [1.29, 1.82) is 0 Å². The molecule has 1 atom stereocenters. The van der Waals surface area contributed by atoms with Crippen LogP contribution in [-0.2, 0) is 0 Å². The zero-order chi connectivity index (χ0) is 16.8. The van der Waals surface area contributed by atoms with Gasteiger partial charge in [-0.05, 0) is 11.3 Å². The van der Waals surface area contributed by atoms with Crippen molar-refractivity contribution in [2.24, 2.45) is 0 Å². The van der Waals surface area contributed by atoms with Gasteiger partial charge in [-0.1, -0.05) is 102 Å². The van der Waals surface area contributed by atoms with Crippen LogP contribution in [0.25, 0.3) is 0 Å². The molecule has 0 saturated heterocycles. The van der Waals surface area contributed by atoms with Crippen LogP contribution in [0.2, 0.25) is 0 Å². The first kappa shape index (κ1) is 17.2. The number of thioether (sulfide) groups is 2. The largest absolute Gasteiger partial charge is 0.293 e. The summed E-state index contributed by atoms with van der Waals surface area (Å²) in [6.45, 7) is 2.09. The summed E-state index contributed by atoms with van der Waals surface area (Å²) in [5.41, 5.74) is 1.70. The number of benzene rings is 2. The number of Topliss-reactive ketones (excluding diaryl/α,β-unsaturated/α-hetero) is 1. The summed E-state index contributed by atoms with van der Waals surface area (Å²) in [5.74, 6) is 1.05. The molecule has 0 saturated carbocycles. The second kappa shape index (κ2) is 8.46. The molecule has 0 N–H and O–H groups in total. The molecule has 0 fully saturated rings. The molecule has 0 bridgehead atoms. The molecule has 3 rings (SSSR count). The Morgan fingerprint density at radius 3 is 2.29 bits per heavy atom. The Hall–Kier alpha value is -1.63. The molecule has 0 radical (unpaired) electrons. The Bertz CT molecular complexity index is 790. The molecule has 0 spiro atoms. The quantitative estimate of drug-likeness (QED) is 0.412. The summed E-state index contributed by atoms with van der Waals surface area (Å²) in [7, 11) is 0. The second-order valence-corrected chi connectivity index (χ2v) is 8.75. The molecule has 24 heavy (non-hydrogen) atoms. The van der Waals surface area contributed by atoms with Gasteiger partial charge in [0.05, 0.1) is 5.25 Å². The lowest BCUT2D eigenvalue weighted by Crippen LogP contribution is -2.09. The van der Waals surface area contributed by atoms with E-state index >= 15 is 0 Å². The number of carbonyl (C=O) groups is 1. The summed E-state index contributed by atoms with van der Waals surface area (Å²) in [6.07, 6.45) is 0. The maximum absolute atomic E-state index is 13.0. The lowest BCUT2D eigenvalue weighted by Gasteiger charge is -2.14. The second-order valence-electron chi connectivity index (χ2n) is 4.91. The summed E-state index contributed by atoms with van der Waals surface area (Å²) in [5, 5.41) is 8.10. The first-order chi connectivity index (χ1) is 11.8. The van der Waals surface area contributed by atoms with Gasteiger partial charge in [-0.3, -0.25) is 4.79 Å². The van der Waals surface area contributed by atoms with E-state index in [9.17, 15) is 4.79 Å². The molecular weight excluding hydrogens is 356 g/mol. The fourth-order valence-electron chi connectivity index (χ4n) is 2.18. The van der Waals surface area contributed by atoms with Crippen LogP contribution in [0.15, 0.2) is 69.3 Å². The molecule has 0 unspecified atom stereocenters. The number of ketones is 1. The van der Waals surface area contributed by atoms with Crippen molar-refractivity contribution >= 4 is 40.6 Å². The van der Waals surface area contributed by atoms with Crippen molar-refractivity contribution in [3.05, 3.63) is 71.8 Å². The van der Waals surface area contributed by atoms with Gasteiger partial charge in [0.15, 0.2) is 14.5 Å². The smallest absolute Gasteiger partial charge is 0.180 e. The Morgan fingerprint density at radius 1 is 1.00 bits per heavy atom. The van der Waals surface area contributed by atoms with Gasteiger partial charge in [0.2, 0.25) is 0 Å². The van der Waals surface area contributed by atoms with Crippen LogP contribution in [-0.4, -0.2) is 21.7 Å².